The third-order valence-corrected chi connectivity index (χ3v) is 15.3. The van der Waals surface area contributed by atoms with Crippen LogP contribution in [-0.4, -0.2) is 143 Å². The number of nitrogens with one attached hydrogen (secondary N) is 3. The summed E-state index contributed by atoms with van der Waals surface area (Å²) in [6.07, 6.45) is 6.45. The highest BCUT2D eigenvalue weighted by Gasteiger charge is 2.37. The lowest BCUT2D eigenvalue weighted by molar-refractivity contribution is -0.139. The van der Waals surface area contributed by atoms with E-state index in [4.69, 9.17) is 30.8 Å². The second-order valence-electron chi connectivity index (χ2n) is 18.4. The summed E-state index contributed by atoms with van der Waals surface area (Å²) in [6, 6.07) is 11.7. The normalized spacial score (nSPS) is 16.4. The molecule has 1 aliphatic carbocycles. The largest absolute Gasteiger partial charge is 0.497 e. The molecule has 5 amide bonds. The first kappa shape index (κ1) is 52.2. The number of aromatic nitrogens is 4. The third kappa shape index (κ3) is 11.4. The number of carbonyl (C=O) groups is 5. The first-order chi connectivity index (χ1) is 34.8. The number of halogens is 1. The van der Waals surface area contributed by atoms with Gasteiger partial charge in [-0.15, -0.1) is 21.5 Å². The highest BCUT2D eigenvalue weighted by molar-refractivity contribution is 7.15. The molecule has 5 heterocycles. The van der Waals surface area contributed by atoms with Gasteiger partial charge in [0.1, 0.15) is 34.4 Å². The minimum atomic E-state index is -0.604. The standard InChI is InChI=1S/C52H64ClN10O8S/c1-7-41(64)57-46(34-11-9-8-10-12-34)50(67)61-21-23-62(24-22-61)51(68)47-44(38-18-17-37(69-6)29-40(38)60(47)5)49(66)55-20-26-71-28-27-70-25-19-54-42(65)30-39-48-59-58-33(4)63(48)52-43(31(2)32(3)72-52)45(56-39)35-13-15-36(53)16-14-35/h7,13-18,29,34,39,46H,8-12,19-28,30H2,1-6H3,(H,54,65)(H,55,66)(H,57,64)/t39-,46-/m0/s1. The van der Waals surface area contributed by atoms with Crippen molar-refractivity contribution in [2.75, 3.05) is 72.8 Å². The second-order valence-corrected chi connectivity index (χ2v) is 20.0. The lowest BCUT2D eigenvalue weighted by atomic mass is 9.83. The molecule has 5 aromatic rings. The number of aryl methyl sites for hydroxylation is 3. The Morgan fingerprint density at radius 1 is 0.875 bits per heavy atom. The van der Waals surface area contributed by atoms with Gasteiger partial charge in [-0.3, -0.25) is 33.5 Å². The van der Waals surface area contributed by atoms with Crippen molar-refractivity contribution in [3.8, 4) is 10.8 Å². The number of hydrogen-bond donors (Lipinski definition) is 3. The van der Waals surface area contributed by atoms with Crippen molar-refractivity contribution < 1.29 is 38.2 Å². The van der Waals surface area contributed by atoms with E-state index < -0.39 is 18.0 Å². The summed E-state index contributed by atoms with van der Waals surface area (Å²) >= 11 is 7.90. The Morgan fingerprint density at radius 2 is 1.56 bits per heavy atom. The molecule has 20 heteroatoms. The molecule has 18 nitrogen and oxygen atoms in total. The number of aliphatic imine (C=N–C) groups is 1. The Balaban J connectivity index is 0.809. The van der Waals surface area contributed by atoms with Crippen LogP contribution >= 0.6 is 22.9 Å². The summed E-state index contributed by atoms with van der Waals surface area (Å²) < 4.78 is 20.7. The Labute approximate surface area is 428 Å². The van der Waals surface area contributed by atoms with Crippen LogP contribution < -0.4 is 20.7 Å². The highest BCUT2D eigenvalue weighted by Crippen LogP contribution is 2.40. The summed E-state index contributed by atoms with van der Waals surface area (Å²) in [5, 5.41) is 19.9. The zero-order valence-corrected chi connectivity index (χ0v) is 43.4. The van der Waals surface area contributed by atoms with Gasteiger partial charge in [0.2, 0.25) is 17.7 Å². The average molecular weight is 1020 g/mol. The van der Waals surface area contributed by atoms with E-state index in [9.17, 15) is 24.0 Å². The predicted molar refractivity (Wildman–Crippen MR) is 275 cm³/mol. The smallest absolute Gasteiger partial charge is 0.271 e. The van der Waals surface area contributed by atoms with E-state index in [-0.39, 0.29) is 99.8 Å². The molecule has 0 bridgehead atoms. The molecule has 2 aromatic carbocycles. The minimum Gasteiger partial charge on any atom is -0.497 e. The van der Waals surface area contributed by atoms with Gasteiger partial charge >= 0.3 is 0 Å². The average Bonchev–Trinajstić information content (AvgIpc) is 3.99. The summed E-state index contributed by atoms with van der Waals surface area (Å²) in [4.78, 5) is 77.8. The highest BCUT2D eigenvalue weighted by atomic mass is 35.5. The number of fused-ring (bicyclic) bond motifs is 4. The minimum absolute atomic E-state index is 0.0564. The molecular formula is C52H64ClN10O8S. The van der Waals surface area contributed by atoms with Crippen LogP contribution in [0.3, 0.4) is 0 Å². The predicted octanol–water partition coefficient (Wildman–Crippen LogP) is 5.84. The Hall–Kier alpha value is -6.15. The number of ether oxygens (including phenoxy) is 3. The molecular weight excluding hydrogens is 960 g/mol. The lowest BCUT2D eigenvalue weighted by Crippen LogP contribution is -2.58. The summed E-state index contributed by atoms with van der Waals surface area (Å²) in [5.74, 6) is 0.629. The van der Waals surface area contributed by atoms with Crippen LogP contribution in [0, 0.1) is 33.1 Å². The van der Waals surface area contributed by atoms with E-state index in [1.165, 1.54) is 6.42 Å². The first-order valence-electron chi connectivity index (χ1n) is 24.7. The molecule has 0 unspecified atom stereocenters. The van der Waals surface area contributed by atoms with Gasteiger partial charge in [-0.1, -0.05) is 49.9 Å². The van der Waals surface area contributed by atoms with E-state index in [0.29, 0.717) is 46.4 Å². The van der Waals surface area contributed by atoms with Crippen molar-refractivity contribution >= 4 is 69.1 Å². The fourth-order valence-corrected chi connectivity index (χ4v) is 11.2. The lowest BCUT2D eigenvalue weighted by Gasteiger charge is -2.39. The van der Waals surface area contributed by atoms with E-state index in [1.54, 1.807) is 65.0 Å². The molecule has 383 valence electrons. The van der Waals surface area contributed by atoms with Gasteiger partial charge in [0, 0.05) is 85.2 Å². The number of nitrogens with zero attached hydrogens (tertiary/aromatic N) is 7. The summed E-state index contributed by atoms with van der Waals surface area (Å²) in [7, 11) is 3.31. The first-order valence-corrected chi connectivity index (χ1v) is 25.9. The molecule has 2 atom stereocenters. The van der Waals surface area contributed by atoms with Crippen molar-refractivity contribution in [1.29, 1.82) is 0 Å². The zero-order chi connectivity index (χ0) is 51.1. The number of benzene rings is 2. The quantitative estimate of drug-likeness (QED) is 0.0844. The molecule has 2 fully saturated rings. The van der Waals surface area contributed by atoms with Gasteiger partial charge in [0.05, 0.1) is 56.7 Å². The van der Waals surface area contributed by atoms with Crippen LogP contribution in [0.1, 0.15) is 106 Å². The van der Waals surface area contributed by atoms with Crippen molar-refractivity contribution in [2.45, 2.75) is 78.3 Å². The number of methoxy groups -OCH3 is 1. The molecule has 8 rings (SSSR count). The number of thiophene rings is 1. The molecule has 3 N–H and O–H groups in total. The molecule has 1 saturated carbocycles. The SMILES string of the molecule is C[CH]C(=O)N[C@H](C(=O)N1CCN(C(=O)c2c(C(=O)NCCOCCOCCNC(=O)C[C@@H]3N=C(c4ccc(Cl)cc4)c4c(sc(C)c4C)-n4c(C)nnc43)c3ccc(OC)cc3n2C)CC1)C1CCCCC1. The van der Waals surface area contributed by atoms with Gasteiger partial charge < -0.3 is 44.5 Å². The van der Waals surface area contributed by atoms with Crippen molar-refractivity contribution in [3.05, 3.63) is 98.4 Å². The van der Waals surface area contributed by atoms with Gasteiger partial charge in [-0.05, 0) is 69.4 Å². The van der Waals surface area contributed by atoms with E-state index in [2.05, 4.69) is 40.0 Å². The number of rotatable bonds is 19. The fraction of sp³-hybridized carbons (Fsp3) is 0.481. The van der Waals surface area contributed by atoms with E-state index >= 15 is 0 Å². The Bertz CT molecular complexity index is 2820. The van der Waals surface area contributed by atoms with Crippen LogP contribution in [0.5, 0.6) is 5.75 Å². The zero-order valence-electron chi connectivity index (χ0n) is 41.8. The second kappa shape index (κ2) is 23.6. The van der Waals surface area contributed by atoms with Gasteiger partial charge in [-0.2, -0.15) is 0 Å². The maximum atomic E-state index is 14.4. The maximum absolute atomic E-state index is 14.4. The van der Waals surface area contributed by atoms with Crippen LogP contribution in [0.15, 0.2) is 47.5 Å². The summed E-state index contributed by atoms with van der Waals surface area (Å²) in [5.41, 5.74) is 4.90. The number of piperazine rings is 1. The molecule has 3 aromatic heterocycles. The van der Waals surface area contributed by atoms with E-state index in [0.717, 1.165) is 64.4 Å². The summed E-state index contributed by atoms with van der Waals surface area (Å²) in [6.45, 7) is 10.3. The Morgan fingerprint density at radius 3 is 2.24 bits per heavy atom. The molecule has 1 radical (unpaired) electrons. The molecule has 3 aliphatic rings. The van der Waals surface area contributed by atoms with Crippen LogP contribution in [-0.2, 0) is 30.9 Å². The van der Waals surface area contributed by atoms with Crippen LogP contribution in [0.4, 0.5) is 0 Å². The number of amides is 5. The molecule has 2 aliphatic heterocycles. The van der Waals surface area contributed by atoms with Crippen LogP contribution in [0.2, 0.25) is 5.02 Å². The number of carbonyl (C=O) groups excluding carboxylic acids is 5. The molecule has 0 spiro atoms. The van der Waals surface area contributed by atoms with Gasteiger partial charge in [-0.25, -0.2) is 0 Å². The van der Waals surface area contributed by atoms with Gasteiger partial charge in [0.15, 0.2) is 5.82 Å². The van der Waals surface area contributed by atoms with Gasteiger partial charge in [0.25, 0.3) is 11.8 Å². The number of hydrogen-bond acceptors (Lipinski definition) is 12. The maximum Gasteiger partial charge on any atom is 0.271 e. The monoisotopic (exact) mass is 1020 g/mol. The van der Waals surface area contributed by atoms with E-state index in [1.807, 2.05) is 35.8 Å². The topological polar surface area (TPSA) is 204 Å². The van der Waals surface area contributed by atoms with Crippen molar-refractivity contribution in [3.63, 3.8) is 0 Å². The fourth-order valence-electron chi connectivity index (χ4n) is 9.88. The Kier molecular flexibility index (Phi) is 17.1. The third-order valence-electron chi connectivity index (χ3n) is 13.9. The van der Waals surface area contributed by atoms with Crippen LogP contribution in [0.25, 0.3) is 15.9 Å². The van der Waals surface area contributed by atoms with Crippen molar-refractivity contribution in [1.82, 2.24) is 45.1 Å². The molecule has 1 saturated heterocycles. The molecule has 72 heavy (non-hydrogen) atoms. The van der Waals surface area contributed by atoms with Crippen molar-refractivity contribution in [2.24, 2.45) is 18.0 Å².